The van der Waals surface area contributed by atoms with Crippen LogP contribution in [0.5, 0.6) is 0 Å². The highest BCUT2D eigenvalue weighted by atomic mass is 16.3. The average Bonchev–Trinajstić information content (AvgIpc) is 3.29. The van der Waals surface area contributed by atoms with Crippen LogP contribution in [-0.2, 0) is 0 Å². The van der Waals surface area contributed by atoms with Crippen molar-refractivity contribution in [1.82, 2.24) is 20.4 Å². The zero-order valence-electron chi connectivity index (χ0n) is 16.3. The number of rotatable bonds is 9. The molecule has 1 aliphatic heterocycles. The van der Waals surface area contributed by atoms with Gasteiger partial charge in [-0.1, -0.05) is 0 Å². The van der Waals surface area contributed by atoms with Crippen LogP contribution in [0.25, 0.3) is 0 Å². The SMILES string of the molecule is CCNC(=NCC(c1ccco1)N1CCCC1)NCCN(C)C(C)C. The van der Waals surface area contributed by atoms with Crippen LogP contribution in [0.15, 0.2) is 27.8 Å². The Hall–Kier alpha value is -1.53. The molecule has 6 nitrogen and oxygen atoms in total. The Morgan fingerprint density at radius 1 is 1.32 bits per heavy atom. The second kappa shape index (κ2) is 10.5. The summed E-state index contributed by atoms with van der Waals surface area (Å²) in [6, 6.07) is 4.81. The Bertz CT molecular complexity index is 494. The molecule has 1 fully saturated rings. The predicted octanol–water partition coefficient (Wildman–Crippen LogP) is 2.31. The van der Waals surface area contributed by atoms with E-state index in [1.54, 1.807) is 6.26 Å². The zero-order valence-corrected chi connectivity index (χ0v) is 16.3. The molecule has 1 saturated heterocycles. The summed E-state index contributed by atoms with van der Waals surface area (Å²) in [5.41, 5.74) is 0. The van der Waals surface area contributed by atoms with E-state index in [0.717, 1.165) is 44.4 Å². The number of furan rings is 1. The minimum Gasteiger partial charge on any atom is -0.468 e. The number of nitrogens with zero attached hydrogens (tertiary/aromatic N) is 3. The molecule has 0 aromatic carbocycles. The molecule has 0 saturated carbocycles. The molecule has 142 valence electrons. The maximum atomic E-state index is 5.68. The second-order valence-electron chi connectivity index (χ2n) is 7.00. The fourth-order valence-corrected chi connectivity index (χ4v) is 3.05. The molecule has 6 heteroatoms. The van der Waals surface area contributed by atoms with Crippen molar-refractivity contribution in [2.24, 2.45) is 4.99 Å². The quantitative estimate of drug-likeness (QED) is 0.529. The third-order valence-corrected chi connectivity index (χ3v) is 4.86. The first kappa shape index (κ1) is 19.8. The van der Waals surface area contributed by atoms with E-state index >= 15 is 0 Å². The van der Waals surface area contributed by atoms with Crippen LogP contribution in [0.2, 0.25) is 0 Å². The Kier molecular flexibility index (Phi) is 8.28. The van der Waals surface area contributed by atoms with Crippen molar-refractivity contribution in [3.05, 3.63) is 24.2 Å². The summed E-state index contributed by atoms with van der Waals surface area (Å²) in [7, 11) is 2.15. The third-order valence-electron chi connectivity index (χ3n) is 4.86. The Balaban J connectivity index is 1.94. The number of hydrogen-bond acceptors (Lipinski definition) is 4. The maximum Gasteiger partial charge on any atom is 0.191 e. The molecule has 1 aliphatic rings. The molecule has 0 amide bonds. The molecule has 0 radical (unpaired) electrons. The number of hydrogen-bond donors (Lipinski definition) is 2. The standard InChI is InChI=1S/C19H35N5O/c1-5-20-19(21-10-13-23(4)16(2)3)22-15-17(18-9-8-14-25-18)24-11-6-7-12-24/h8-9,14,16-17H,5-7,10-13,15H2,1-4H3,(H2,20,21,22). The van der Waals surface area contributed by atoms with E-state index in [9.17, 15) is 0 Å². The minimum absolute atomic E-state index is 0.228. The smallest absolute Gasteiger partial charge is 0.191 e. The number of likely N-dealkylation sites (tertiary alicyclic amines) is 1. The first-order valence-electron chi connectivity index (χ1n) is 9.61. The van der Waals surface area contributed by atoms with Crippen LogP contribution < -0.4 is 10.6 Å². The highest BCUT2D eigenvalue weighted by molar-refractivity contribution is 5.79. The molecule has 0 bridgehead atoms. The van der Waals surface area contributed by atoms with Gasteiger partial charge in [-0.3, -0.25) is 9.89 Å². The monoisotopic (exact) mass is 349 g/mol. The van der Waals surface area contributed by atoms with Crippen LogP contribution in [0.3, 0.4) is 0 Å². The highest BCUT2D eigenvalue weighted by Crippen LogP contribution is 2.25. The van der Waals surface area contributed by atoms with Crippen molar-refractivity contribution < 1.29 is 4.42 Å². The second-order valence-corrected chi connectivity index (χ2v) is 7.00. The van der Waals surface area contributed by atoms with Gasteiger partial charge in [0.05, 0.1) is 18.8 Å². The van der Waals surface area contributed by atoms with Crippen molar-refractivity contribution >= 4 is 5.96 Å². The van der Waals surface area contributed by atoms with Gasteiger partial charge in [0.15, 0.2) is 5.96 Å². The first-order valence-corrected chi connectivity index (χ1v) is 9.61. The van der Waals surface area contributed by atoms with Crippen molar-refractivity contribution in [2.75, 3.05) is 46.3 Å². The van der Waals surface area contributed by atoms with E-state index in [1.165, 1.54) is 12.8 Å². The fraction of sp³-hybridized carbons (Fsp3) is 0.737. The molecular formula is C19H35N5O. The molecule has 1 aromatic rings. The average molecular weight is 350 g/mol. The van der Waals surface area contributed by atoms with E-state index in [4.69, 9.17) is 9.41 Å². The van der Waals surface area contributed by atoms with Crippen molar-refractivity contribution in [3.8, 4) is 0 Å². The molecule has 0 aliphatic carbocycles. The summed E-state index contributed by atoms with van der Waals surface area (Å²) < 4.78 is 5.68. The van der Waals surface area contributed by atoms with Crippen LogP contribution in [0, 0.1) is 0 Å². The summed E-state index contributed by atoms with van der Waals surface area (Å²) in [6.07, 6.45) is 4.29. The van der Waals surface area contributed by atoms with Crippen molar-refractivity contribution in [2.45, 2.75) is 45.7 Å². The summed E-state index contributed by atoms with van der Waals surface area (Å²) in [4.78, 5) is 9.64. The Morgan fingerprint density at radius 2 is 2.08 bits per heavy atom. The van der Waals surface area contributed by atoms with Gasteiger partial charge in [-0.15, -0.1) is 0 Å². The number of guanidine groups is 1. The number of nitrogens with one attached hydrogen (secondary N) is 2. The van der Waals surface area contributed by atoms with E-state index in [0.29, 0.717) is 12.6 Å². The van der Waals surface area contributed by atoms with E-state index < -0.39 is 0 Å². The number of aliphatic imine (C=N–C) groups is 1. The fourth-order valence-electron chi connectivity index (χ4n) is 3.05. The Morgan fingerprint density at radius 3 is 2.68 bits per heavy atom. The summed E-state index contributed by atoms with van der Waals surface area (Å²) in [6.45, 7) is 12.2. The lowest BCUT2D eigenvalue weighted by molar-refractivity contribution is 0.221. The highest BCUT2D eigenvalue weighted by Gasteiger charge is 2.25. The lowest BCUT2D eigenvalue weighted by Crippen LogP contribution is -2.42. The molecule has 1 unspecified atom stereocenters. The van der Waals surface area contributed by atoms with Gasteiger partial charge in [-0.2, -0.15) is 0 Å². The van der Waals surface area contributed by atoms with Crippen molar-refractivity contribution in [3.63, 3.8) is 0 Å². The lowest BCUT2D eigenvalue weighted by Gasteiger charge is -2.25. The normalized spacial score (nSPS) is 17.4. The molecule has 25 heavy (non-hydrogen) atoms. The molecule has 0 spiro atoms. The minimum atomic E-state index is 0.228. The topological polar surface area (TPSA) is 56.0 Å². The van der Waals surface area contributed by atoms with Gasteiger partial charge >= 0.3 is 0 Å². The van der Waals surface area contributed by atoms with E-state index in [-0.39, 0.29) is 6.04 Å². The van der Waals surface area contributed by atoms with E-state index in [1.807, 2.05) is 6.07 Å². The maximum absolute atomic E-state index is 5.68. The van der Waals surface area contributed by atoms with Gasteiger partial charge in [-0.05, 0) is 65.9 Å². The Labute approximate surface area is 152 Å². The van der Waals surface area contributed by atoms with E-state index in [2.05, 4.69) is 54.3 Å². The molecule has 2 N–H and O–H groups in total. The van der Waals surface area contributed by atoms with Gasteiger partial charge in [0, 0.05) is 25.7 Å². The van der Waals surface area contributed by atoms with Gasteiger partial charge < -0.3 is 20.0 Å². The summed E-state index contributed by atoms with van der Waals surface area (Å²) in [5.74, 6) is 1.90. The molecule has 1 atom stereocenters. The van der Waals surface area contributed by atoms with Crippen LogP contribution in [0.4, 0.5) is 0 Å². The molecule has 2 heterocycles. The van der Waals surface area contributed by atoms with Crippen LogP contribution >= 0.6 is 0 Å². The van der Waals surface area contributed by atoms with Gasteiger partial charge in [0.1, 0.15) is 5.76 Å². The molecule has 1 aromatic heterocycles. The van der Waals surface area contributed by atoms with Gasteiger partial charge in [-0.25, -0.2) is 0 Å². The summed E-state index contributed by atoms with van der Waals surface area (Å²) >= 11 is 0. The summed E-state index contributed by atoms with van der Waals surface area (Å²) in [5, 5.41) is 6.79. The van der Waals surface area contributed by atoms with Gasteiger partial charge in [0.2, 0.25) is 0 Å². The molecule has 2 rings (SSSR count). The van der Waals surface area contributed by atoms with Crippen LogP contribution in [0.1, 0.15) is 45.4 Å². The van der Waals surface area contributed by atoms with Gasteiger partial charge in [0.25, 0.3) is 0 Å². The van der Waals surface area contributed by atoms with Crippen LogP contribution in [-0.4, -0.2) is 68.1 Å². The third kappa shape index (κ3) is 6.36. The first-order chi connectivity index (χ1) is 12.1. The number of likely N-dealkylation sites (N-methyl/N-ethyl adjacent to an activating group) is 1. The predicted molar refractivity (Wildman–Crippen MR) is 104 cm³/mol. The lowest BCUT2D eigenvalue weighted by atomic mass is 10.2. The zero-order chi connectivity index (χ0) is 18.1. The molecular weight excluding hydrogens is 314 g/mol. The largest absolute Gasteiger partial charge is 0.468 e. The van der Waals surface area contributed by atoms with Crippen molar-refractivity contribution in [1.29, 1.82) is 0 Å².